The second-order valence-corrected chi connectivity index (χ2v) is 14.2. The Labute approximate surface area is 259 Å². The quantitative estimate of drug-likeness (QED) is 0.225. The zero-order valence-corrected chi connectivity index (χ0v) is 27.0. The molecule has 2 heterocycles. The van der Waals surface area contributed by atoms with Gasteiger partial charge in [-0.25, -0.2) is 13.2 Å². The van der Waals surface area contributed by atoms with E-state index in [0.717, 1.165) is 34.1 Å². The fourth-order valence-corrected chi connectivity index (χ4v) is 6.81. The molecule has 0 amide bonds. The van der Waals surface area contributed by atoms with E-state index in [9.17, 15) is 18.3 Å². The summed E-state index contributed by atoms with van der Waals surface area (Å²) in [5.74, 6) is -0.638. The number of hydrogen-bond acceptors (Lipinski definition) is 6. The predicted octanol–water partition coefficient (Wildman–Crippen LogP) is 7.14. The maximum absolute atomic E-state index is 13.4. The van der Waals surface area contributed by atoms with Crippen LogP contribution in [0.2, 0.25) is 0 Å². The van der Waals surface area contributed by atoms with E-state index in [4.69, 9.17) is 9.47 Å². The summed E-state index contributed by atoms with van der Waals surface area (Å²) < 4.78 is 40.7. The minimum atomic E-state index is -3.79. The monoisotopic (exact) mass is 614 g/mol. The molecule has 1 aliphatic rings. The topological polar surface area (TPSA) is 106 Å². The van der Waals surface area contributed by atoms with E-state index in [1.807, 2.05) is 68.4 Å². The van der Waals surface area contributed by atoms with Crippen molar-refractivity contribution in [3.8, 4) is 28.0 Å². The van der Waals surface area contributed by atoms with Crippen molar-refractivity contribution in [2.45, 2.75) is 66.4 Å². The molecule has 0 unspecified atom stereocenters. The molecule has 5 rings (SSSR count). The van der Waals surface area contributed by atoms with Crippen molar-refractivity contribution in [1.82, 2.24) is 4.98 Å². The maximum Gasteiger partial charge on any atom is 0.337 e. The predicted molar refractivity (Wildman–Crippen MR) is 172 cm³/mol. The van der Waals surface area contributed by atoms with Crippen LogP contribution < -0.4 is 9.04 Å². The highest BCUT2D eigenvalue weighted by atomic mass is 32.2. The molecular weight excluding hydrogens is 576 g/mol. The molecular formula is C35H38N2O6S. The molecule has 3 aromatic carbocycles. The van der Waals surface area contributed by atoms with E-state index in [0.29, 0.717) is 45.9 Å². The van der Waals surface area contributed by atoms with E-state index in [2.05, 4.69) is 4.98 Å². The minimum absolute atomic E-state index is 0.0260. The zero-order valence-electron chi connectivity index (χ0n) is 26.1. The van der Waals surface area contributed by atoms with Crippen molar-refractivity contribution >= 4 is 21.7 Å². The highest BCUT2D eigenvalue weighted by Crippen LogP contribution is 2.53. The van der Waals surface area contributed by atoms with Gasteiger partial charge in [0, 0.05) is 28.5 Å². The molecule has 0 aliphatic carbocycles. The van der Waals surface area contributed by atoms with E-state index < -0.39 is 27.7 Å². The van der Waals surface area contributed by atoms with Crippen LogP contribution in [-0.2, 0) is 32.7 Å². The van der Waals surface area contributed by atoms with Gasteiger partial charge in [-0.1, -0.05) is 60.2 Å². The molecule has 1 atom stereocenters. The van der Waals surface area contributed by atoms with E-state index >= 15 is 0 Å². The molecule has 9 heteroatoms. The lowest BCUT2D eigenvalue weighted by molar-refractivity contribution is -0.160. The average molecular weight is 615 g/mol. The van der Waals surface area contributed by atoms with E-state index in [1.54, 1.807) is 40.1 Å². The average Bonchev–Trinajstić information content (AvgIpc) is 2.96. The van der Waals surface area contributed by atoms with Crippen molar-refractivity contribution in [3.05, 3.63) is 100 Å². The molecule has 44 heavy (non-hydrogen) atoms. The summed E-state index contributed by atoms with van der Waals surface area (Å²) in [6.45, 7) is 11.4. The Kier molecular flexibility index (Phi) is 8.31. The number of aryl methyl sites for hydroxylation is 1. The molecule has 0 spiro atoms. The normalized spacial score (nSPS) is 13.7. The Morgan fingerprint density at radius 2 is 1.61 bits per heavy atom. The molecule has 4 aromatic rings. The molecule has 230 valence electrons. The van der Waals surface area contributed by atoms with Crippen molar-refractivity contribution < 1.29 is 27.8 Å². The Morgan fingerprint density at radius 1 is 0.955 bits per heavy atom. The van der Waals surface area contributed by atoms with Crippen LogP contribution in [-0.4, -0.2) is 36.3 Å². The van der Waals surface area contributed by atoms with Gasteiger partial charge < -0.3 is 14.6 Å². The Balaban J connectivity index is 1.87. The third kappa shape index (κ3) is 6.07. The van der Waals surface area contributed by atoms with Gasteiger partial charge in [0.2, 0.25) is 10.0 Å². The van der Waals surface area contributed by atoms with Crippen LogP contribution in [0.1, 0.15) is 60.3 Å². The van der Waals surface area contributed by atoms with Crippen molar-refractivity contribution in [2.75, 3.05) is 10.6 Å². The molecule has 1 aromatic heterocycles. The first-order valence-corrected chi connectivity index (χ1v) is 16.3. The zero-order chi connectivity index (χ0) is 32.0. The lowest BCUT2D eigenvalue weighted by Crippen LogP contribution is -2.35. The number of rotatable bonds is 8. The first kappa shape index (κ1) is 31.2. The molecule has 0 fully saturated rings. The highest BCUT2D eigenvalue weighted by Gasteiger charge is 2.39. The molecule has 1 N–H and O–H groups in total. The van der Waals surface area contributed by atoms with Crippen molar-refractivity contribution in [2.24, 2.45) is 0 Å². The number of fused-ring (bicyclic) bond motifs is 3. The summed E-state index contributed by atoms with van der Waals surface area (Å²) >= 11 is 0. The Morgan fingerprint density at radius 3 is 2.20 bits per heavy atom. The number of sulfonamides is 1. The number of aromatic nitrogens is 1. The molecule has 8 nitrogen and oxygen atoms in total. The summed E-state index contributed by atoms with van der Waals surface area (Å²) in [5.41, 5.74) is 6.91. The smallest absolute Gasteiger partial charge is 0.337 e. The number of aliphatic carboxylic acids is 1. The third-order valence-corrected chi connectivity index (χ3v) is 8.87. The standard InChI is InChI=1S/C35H38N2O6S/c1-21-13-15-25(16-14-21)28-22(2)29-31-26(17-36-18-27(31)42-20-24-11-9-8-10-12-24)19-37(44(7,40)41)32(29)23(3)30(28)33(34(38)39)43-35(4,5)6/h8-18,33H,19-20H2,1-7H3,(H,38,39)/t33-/m0/s1. The minimum Gasteiger partial charge on any atom is -0.487 e. The summed E-state index contributed by atoms with van der Waals surface area (Å²) in [4.78, 5) is 17.3. The van der Waals surface area contributed by atoms with Gasteiger partial charge in [-0.2, -0.15) is 0 Å². The van der Waals surface area contributed by atoms with Crippen LogP contribution in [0.5, 0.6) is 5.75 Å². The number of anilines is 1. The summed E-state index contributed by atoms with van der Waals surface area (Å²) in [7, 11) is -3.79. The molecule has 0 radical (unpaired) electrons. The Hall–Kier alpha value is -4.21. The third-order valence-electron chi connectivity index (χ3n) is 7.75. The lowest BCUT2D eigenvalue weighted by Gasteiger charge is -2.37. The van der Waals surface area contributed by atoms with Crippen LogP contribution in [0.3, 0.4) is 0 Å². The number of ether oxygens (including phenoxy) is 2. The van der Waals surface area contributed by atoms with Crippen LogP contribution in [0.4, 0.5) is 5.69 Å². The van der Waals surface area contributed by atoms with Gasteiger partial charge in [-0.3, -0.25) is 9.29 Å². The van der Waals surface area contributed by atoms with Gasteiger partial charge in [0.1, 0.15) is 12.4 Å². The molecule has 0 saturated carbocycles. The van der Waals surface area contributed by atoms with Crippen molar-refractivity contribution in [1.29, 1.82) is 0 Å². The fourth-order valence-electron chi connectivity index (χ4n) is 5.88. The summed E-state index contributed by atoms with van der Waals surface area (Å²) in [6.07, 6.45) is 3.12. The van der Waals surface area contributed by atoms with Crippen LogP contribution in [0.25, 0.3) is 22.3 Å². The molecule has 1 aliphatic heterocycles. The van der Waals surface area contributed by atoms with Gasteiger partial charge in [0.15, 0.2) is 6.10 Å². The number of pyridine rings is 1. The van der Waals surface area contributed by atoms with Gasteiger partial charge in [-0.15, -0.1) is 0 Å². The summed E-state index contributed by atoms with van der Waals surface area (Å²) in [6, 6.07) is 17.6. The second-order valence-electron chi connectivity index (χ2n) is 12.3. The number of carbonyl (C=O) groups is 1. The second kappa shape index (κ2) is 11.7. The van der Waals surface area contributed by atoms with Crippen LogP contribution in [0.15, 0.2) is 67.0 Å². The number of carboxylic acid groups (broad SMARTS) is 1. The van der Waals surface area contributed by atoms with Gasteiger partial charge in [0.25, 0.3) is 0 Å². The highest BCUT2D eigenvalue weighted by molar-refractivity contribution is 7.92. The van der Waals surface area contributed by atoms with Crippen LogP contribution in [0, 0.1) is 20.8 Å². The SMILES string of the molecule is Cc1ccc(-c2c(C)c3c(c(C)c2[C@H](OC(C)(C)C)C(=O)O)N(S(C)(=O)=O)Cc2cncc(OCc4ccccc4)c2-3)cc1. The first-order valence-electron chi connectivity index (χ1n) is 14.4. The van der Waals surface area contributed by atoms with Crippen molar-refractivity contribution in [3.63, 3.8) is 0 Å². The first-order chi connectivity index (χ1) is 20.7. The van der Waals surface area contributed by atoms with E-state index in [1.165, 1.54) is 4.31 Å². The fraction of sp³-hybridized carbons (Fsp3) is 0.314. The lowest BCUT2D eigenvalue weighted by atomic mass is 9.80. The number of carboxylic acids is 1. The number of nitrogens with zero attached hydrogens (tertiary/aromatic N) is 2. The van der Waals surface area contributed by atoms with Gasteiger partial charge in [-0.05, 0) is 69.4 Å². The van der Waals surface area contributed by atoms with Crippen LogP contribution >= 0.6 is 0 Å². The van der Waals surface area contributed by atoms with Gasteiger partial charge in [0.05, 0.1) is 30.3 Å². The number of hydrogen-bond donors (Lipinski definition) is 1. The number of benzene rings is 3. The largest absolute Gasteiger partial charge is 0.487 e. The maximum atomic E-state index is 13.4. The summed E-state index contributed by atoms with van der Waals surface area (Å²) in [5, 5.41) is 10.5. The Bertz CT molecular complexity index is 1830. The molecule has 0 bridgehead atoms. The van der Waals surface area contributed by atoms with E-state index in [-0.39, 0.29) is 6.54 Å². The van der Waals surface area contributed by atoms with Gasteiger partial charge >= 0.3 is 5.97 Å². The molecule has 0 saturated heterocycles.